The normalized spacial score (nSPS) is 13.6. The minimum atomic E-state index is -0.978. The van der Waals surface area contributed by atoms with E-state index in [4.69, 9.17) is 28.3 Å². The number of hydrogen-bond acceptors (Lipinski definition) is 5. The van der Waals surface area contributed by atoms with Gasteiger partial charge >= 0.3 is 12.0 Å². The smallest absolute Gasteiger partial charge is 0.328 e. The van der Waals surface area contributed by atoms with Crippen molar-refractivity contribution in [2.24, 2.45) is 0 Å². The van der Waals surface area contributed by atoms with Crippen LogP contribution in [0, 0.1) is 0 Å². The number of urea groups is 1. The Kier molecular flexibility index (Phi) is 9.62. The Hall–Kier alpha value is -3.66. The van der Waals surface area contributed by atoms with Crippen molar-refractivity contribution in [1.29, 1.82) is 0 Å². The molecule has 0 aliphatic heterocycles. The molecule has 1 aliphatic rings. The van der Waals surface area contributed by atoms with E-state index in [1.807, 2.05) is 12.1 Å². The van der Waals surface area contributed by atoms with E-state index in [1.165, 1.54) is 49.0 Å². The lowest BCUT2D eigenvalue weighted by Crippen LogP contribution is -2.34. The summed E-state index contributed by atoms with van der Waals surface area (Å²) >= 11 is 13.6. The van der Waals surface area contributed by atoms with Gasteiger partial charge in [-0.1, -0.05) is 78.1 Å². The molecule has 5 rings (SSSR count). The number of carboxylic acids is 1. The maximum absolute atomic E-state index is 13.7. The molecule has 11 heteroatoms. The maximum atomic E-state index is 13.7. The summed E-state index contributed by atoms with van der Waals surface area (Å²) in [5, 5.41) is 15.5. The quantitative estimate of drug-likeness (QED) is 0.174. The minimum absolute atomic E-state index is 0.0465. The van der Waals surface area contributed by atoms with Crippen LogP contribution < -0.4 is 15.5 Å². The largest absolute Gasteiger partial charge is 0.481 e. The molecule has 0 unspecified atom stereocenters. The number of amides is 3. The van der Waals surface area contributed by atoms with E-state index in [0.717, 1.165) is 16.0 Å². The molecule has 0 atom stereocenters. The predicted octanol–water partition coefficient (Wildman–Crippen LogP) is 8.09. The van der Waals surface area contributed by atoms with Gasteiger partial charge in [-0.25, -0.2) is 9.78 Å². The molecule has 0 bridgehead atoms. The van der Waals surface area contributed by atoms with Gasteiger partial charge in [-0.3, -0.25) is 19.8 Å². The summed E-state index contributed by atoms with van der Waals surface area (Å²) < 4.78 is 0.806. The number of fused-ring (bicyclic) bond motifs is 1. The predicted molar refractivity (Wildman–Crippen MR) is 168 cm³/mol. The number of halogens is 2. The summed E-state index contributed by atoms with van der Waals surface area (Å²) in [5.74, 6) is -0.786. The van der Waals surface area contributed by atoms with E-state index in [0.29, 0.717) is 32.2 Å². The fraction of sp³-hybridized carbons (Fsp3) is 0.290. The topological polar surface area (TPSA) is 112 Å². The third kappa shape index (κ3) is 7.40. The zero-order valence-electron chi connectivity index (χ0n) is 22.7. The molecule has 1 aromatic heterocycles. The molecule has 4 aromatic rings. The van der Waals surface area contributed by atoms with Crippen molar-refractivity contribution in [3.8, 4) is 0 Å². The van der Waals surface area contributed by atoms with E-state index in [1.54, 1.807) is 41.3 Å². The molecule has 0 spiro atoms. The molecule has 1 saturated carbocycles. The lowest BCUT2D eigenvalue weighted by atomic mass is 9.84. The molecule has 1 fully saturated rings. The first-order valence-electron chi connectivity index (χ1n) is 13.8. The number of rotatable bonds is 9. The monoisotopic (exact) mass is 624 g/mol. The molecule has 0 radical (unpaired) electrons. The summed E-state index contributed by atoms with van der Waals surface area (Å²) in [5.41, 5.74) is 3.88. The molecule has 1 heterocycles. The summed E-state index contributed by atoms with van der Waals surface area (Å²) in [6, 6.07) is 18.1. The summed E-state index contributed by atoms with van der Waals surface area (Å²) in [7, 11) is 0. The van der Waals surface area contributed by atoms with Gasteiger partial charge in [-0.05, 0) is 66.3 Å². The molecule has 3 aromatic carbocycles. The summed E-state index contributed by atoms with van der Waals surface area (Å²) in [4.78, 5) is 42.9. The van der Waals surface area contributed by atoms with Crippen molar-refractivity contribution in [1.82, 2.24) is 10.3 Å². The van der Waals surface area contributed by atoms with E-state index >= 15 is 0 Å². The lowest BCUT2D eigenvalue weighted by Gasteiger charge is -2.25. The number of carbonyl (C=O) groups is 3. The Morgan fingerprint density at radius 3 is 2.33 bits per heavy atom. The number of nitrogens with zero attached hydrogens (tertiary/aromatic N) is 2. The van der Waals surface area contributed by atoms with Crippen LogP contribution in [0.3, 0.4) is 0 Å². The lowest BCUT2D eigenvalue weighted by molar-refractivity contribution is -0.136. The molecular formula is C31H30Cl2N4O4S. The number of anilines is 2. The van der Waals surface area contributed by atoms with Crippen LogP contribution in [0.1, 0.15) is 65.9 Å². The Labute approximate surface area is 257 Å². The molecular weight excluding hydrogens is 595 g/mol. The Bertz CT molecular complexity index is 1550. The molecule has 0 saturated heterocycles. The fourth-order valence-corrected chi connectivity index (χ4v) is 6.37. The first-order chi connectivity index (χ1) is 20.3. The third-order valence-corrected chi connectivity index (χ3v) is 9.01. The highest BCUT2D eigenvalue weighted by molar-refractivity contribution is 7.22. The summed E-state index contributed by atoms with van der Waals surface area (Å²) in [6.45, 7) is 0.295. The fourth-order valence-electron chi connectivity index (χ4n) is 5.11. The molecule has 218 valence electrons. The first-order valence-corrected chi connectivity index (χ1v) is 15.4. The molecule has 8 nitrogen and oxygen atoms in total. The van der Waals surface area contributed by atoms with Crippen LogP contribution in [0.5, 0.6) is 0 Å². The highest BCUT2D eigenvalue weighted by Crippen LogP contribution is 2.35. The number of aromatic nitrogens is 1. The van der Waals surface area contributed by atoms with Crippen LogP contribution in [0.25, 0.3) is 10.2 Å². The second-order valence-corrected chi connectivity index (χ2v) is 12.1. The van der Waals surface area contributed by atoms with Crippen LogP contribution >= 0.6 is 34.5 Å². The summed E-state index contributed by atoms with van der Waals surface area (Å²) in [6.07, 6.45) is 5.99. The van der Waals surface area contributed by atoms with Gasteiger partial charge in [0.1, 0.15) is 0 Å². The second-order valence-electron chi connectivity index (χ2n) is 10.3. The zero-order valence-corrected chi connectivity index (χ0v) is 25.1. The number of aliphatic carboxylic acids is 1. The number of carboxylic acid groups (broad SMARTS) is 1. The van der Waals surface area contributed by atoms with Gasteiger partial charge in [0.15, 0.2) is 5.13 Å². The Morgan fingerprint density at radius 2 is 1.64 bits per heavy atom. The maximum Gasteiger partial charge on any atom is 0.328 e. The van der Waals surface area contributed by atoms with Crippen molar-refractivity contribution < 1.29 is 19.5 Å². The van der Waals surface area contributed by atoms with E-state index < -0.39 is 5.97 Å². The number of carbonyl (C=O) groups excluding carboxylic acids is 2. The molecule has 3 amide bonds. The van der Waals surface area contributed by atoms with Crippen LogP contribution in [-0.2, 0) is 11.3 Å². The number of hydrogen-bond donors (Lipinski definition) is 3. The van der Waals surface area contributed by atoms with Crippen molar-refractivity contribution in [3.05, 3.63) is 87.4 Å². The molecule has 1 aliphatic carbocycles. The van der Waals surface area contributed by atoms with Gasteiger partial charge in [0.25, 0.3) is 5.91 Å². The molecule has 42 heavy (non-hydrogen) atoms. The third-order valence-electron chi connectivity index (χ3n) is 7.35. The van der Waals surface area contributed by atoms with Gasteiger partial charge in [-0.2, -0.15) is 0 Å². The highest BCUT2D eigenvalue weighted by atomic mass is 35.5. The molecule has 3 N–H and O–H groups in total. The first kappa shape index (κ1) is 29.8. The average molecular weight is 626 g/mol. The van der Waals surface area contributed by atoms with Gasteiger partial charge < -0.3 is 10.4 Å². The van der Waals surface area contributed by atoms with E-state index in [9.17, 15) is 14.4 Å². The van der Waals surface area contributed by atoms with Crippen molar-refractivity contribution in [2.45, 2.75) is 51.0 Å². The van der Waals surface area contributed by atoms with E-state index in [-0.39, 0.29) is 31.4 Å². The number of nitrogens with one attached hydrogen (secondary N) is 2. The van der Waals surface area contributed by atoms with Gasteiger partial charge in [0.2, 0.25) is 0 Å². The van der Waals surface area contributed by atoms with Crippen LogP contribution in [0.4, 0.5) is 15.6 Å². The van der Waals surface area contributed by atoms with Crippen LogP contribution in [0.15, 0.2) is 60.7 Å². The van der Waals surface area contributed by atoms with Crippen molar-refractivity contribution in [3.63, 3.8) is 0 Å². The number of thiazole rings is 1. The van der Waals surface area contributed by atoms with Gasteiger partial charge in [0.05, 0.1) is 33.2 Å². The van der Waals surface area contributed by atoms with Crippen LogP contribution in [-0.4, -0.2) is 34.5 Å². The Morgan fingerprint density at radius 1 is 0.952 bits per heavy atom. The van der Waals surface area contributed by atoms with Crippen molar-refractivity contribution in [2.75, 3.05) is 16.8 Å². The minimum Gasteiger partial charge on any atom is -0.481 e. The zero-order chi connectivity index (χ0) is 29.6. The van der Waals surface area contributed by atoms with Gasteiger partial charge in [0, 0.05) is 17.8 Å². The van der Waals surface area contributed by atoms with E-state index in [2.05, 4.69) is 27.8 Å². The number of benzene rings is 3. The average Bonchev–Trinajstić information content (AvgIpc) is 3.37. The highest BCUT2D eigenvalue weighted by Gasteiger charge is 2.21. The Balaban J connectivity index is 1.36. The van der Waals surface area contributed by atoms with Crippen LogP contribution in [0.2, 0.25) is 10.0 Å². The van der Waals surface area contributed by atoms with Crippen molar-refractivity contribution >= 4 is 73.5 Å². The second kappa shape index (κ2) is 13.5. The van der Waals surface area contributed by atoms with Gasteiger partial charge in [-0.15, -0.1) is 0 Å². The standard InChI is InChI=1S/C31H30Cl2N4O4S/c32-24-16-26-27(17-25(24)33)42-30(35-26)36-31(41)37(23-12-10-21(11-13-23)20-4-2-1-3-5-20)18-19-6-8-22(9-7-19)29(40)34-15-14-28(38)39/h6-13,16-17,20H,1-5,14-15,18H2,(H,34,40)(H,38,39)(H,35,36,41). The SMILES string of the molecule is O=C(O)CCNC(=O)c1ccc(CN(C(=O)Nc2nc3cc(Cl)c(Cl)cc3s2)c2ccc(C3CCCCC3)cc2)cc1.